The number of hydrogen-bond acceptors (Lipinski definition) is 4. The van der Waals surface area contributed by atoms with Crippen LogP contribution in [0.1, 0.15) is 39.0 Å². The van der Waals surface area contributed by atoms with Crippen molar-refractivity contribution in [1.29, 1.82) is 0 Å². The number of carbonyl (C=O) groups is 3. The first-order valence-electron chi connectivity index (χ1n) is 7.68. The van der Waals surface area contributed by atoms with Crippen molar-refractivity contribution in [1.82, 2.24) is 15.8 Å². The fraction of sp³-hybridized carbons (Fsp3) is 0.167. The molecule has 0 spiro atoms. The molecule has 1 aromatic carbocycles. The fourth-order valence-electron chi connectivity index (χ4n) is 2.74. The van der Waals surface area contributed by atoms with Crippen LogP contribution in [0.3, 0.4) is 0 Å². The van der Waals surface area contributed by atoms with E-state index in [0.717, 1.165) is 0 Å². The number of hydrazine groups is 1. The molecule has 1 atom stereocenters. The number of nitrogens with zero attached hydrogens (tertiary/aromatic N) is 1. The molecule has 2 N–H and O–H groups in total. The predicted octanol–water partition coefficient (Wildman–Crippen LogP) is 1.86. The lowest BCUT2D eigenvalue weighted by Crippen LogP contribution is -2.51. The molecular weight excluding hydrogens is 322 g/mol. The number of furan rings is 1. The number of rotatable bonds is 3. The summed E-state index contributed by atoms with van der Waals surface area (Å²) in [6.07, 6.45) is 1.39. The number of nitrogens with one attached hydrogen (secondary N) is 2. The summed E-state index contributed by atoms with van der Waals surface area (Å²) >= 11 is 0. The first-order valence-corrected chi connectivity index (χ1v) is 7.68. The largest absolute Gasteiger partial charge is 0.469 e. The molecule has 1 unspecified atom stereocenters. The van der Waals surface area contributed by atoms with Crippen molar-refractivity contribution in [3.05, 3.63) is 65.6 Å². The maximum Gasteiger partial charge on any atom is 0.273 e. The number of benzene rings is 1. The first-order chi connectivity index (χ1) is 11.9. The van der Waals surface area contributed by atoms with Gasteiger partial charge in [0.1, 0.15) is 11.8 Å². The van der Waals surface area contributed by atoms with Gasteiger partial charge in [0.15, 0.2) is 0 Å². The Morgan fingerprint density at radius 1 is 1.16 bits per heavy atom. The molecular formula is C18H17N3O4. The van der Waals surface area contributed by atoms with Gasteiger partial charge in [-0.05, 0) is 26.0 Å². The Kier molecular flexibility index (Phi) is 4.14. The number of fused-ring (bicyclic) bond motifs is 1. The van der Waals surface area contributed by atoms with Crippen molar-refractivity contribution in [3.63, 3.8) is 0 Å². The normalized spacial score (nSPS) is 14.2. The average molecular weight is 339 g/mol. The van der Waals surface area contributed by atoms with Crippen LogP contribution in [-0.4, -0.2) is 28.7 Å². The average Bonchev–Trinajstić information content (AvgIpc) is 3.14. The molecule has 0 saturated heterocycles. The van der Waals surface area contributed by atoms with E-state index in [9.17, 15) is 14.4 Å². The molecule has 0 aliphatic carbocycles. The first kappa shape index (κ1) is 16.5. The standard InChI is InChI=1S/C18H17N3O4/c1-10-13-6-4-5-7-15(13)18(24)21(10)11(2)16(22)19-20-17(23)14-8-9-25-12(14)3/h4-9,11H,1H2,2-3H3,(H,19,22)(H,20,23). The molecule has 25 heavy (non-hydrogen) atoms. The molecule has 2 heterocycles. The van der Waals surface area contributed by atoms with E-state index in [2.05, 4.69) is 17.4 Å². The molecule has 0 fully saturated rings. The molecule has 1 aromatic heterocycles. The second-order valence-electron chi connectivity index (χ2n) is 5.68. The van der Waals surface area contributed by atoms with Crippen molar-refractivity contribution in [3.8, 4) is 0 Å². The van der Waals surface area contributed by atoms with Gasteiger partial charge in [-0.3, -0.25) is 30.1 Å². The molecule has 1 aliphatic heterocycles. The van der Waals surface area contributed by atoms with Crippen LogP contribution in [0.2, 0.25) is 0 Å². The van der Waals surface area contributed by atoms with Gasteiger partial charge in [-0.25, -0.2) is 0 Å². The van der Waals surface area contributed by atoms with Crippen LogP contribution in [0.5, 0.6) is 0 Å². The Labute approximate surface area is 144 Å². The van der Waals surface area contributed by atoms with Crippen molar-refractivity contribution < 1.29 is 18.8 Å². The molecule has 0 radical (unpaired) electrons. The van der Waals surface area contributed by atoms with Crippen molar-refractivity contribution in [2.45, 2.75) is 19.9 Å². The fourth-order valence-corrected chi connectivity index (χ4v) is 2.74. The van der Waals surface area contributed by atoms with Crippen molar-refractivity contribution >= 4 is 23.4 Å². The number of aryl methyl sites for hydroxylation is 1. The van der Waals surface area contributed by atoms with Gasteiger partial charge in [-0.2, -0.15) is 0 Å². The molecule has 3 amide bonds. The summed E-state index contributed by atoms with van der Waals surface area (Å²) in [5.41, 5.74) is 6.63. The molecule has 0 bridgehead atoms. The molecule has 2 aromatic rings. The van der Waals surface area contributed by atoms with E-state index in [1.54, 1.807) is 38.1 Å². The van der Waals surface area contributed by atoms with Crippen molar-refractivity contribution in [2.75, 3.05) is 0 Å². The molecule has 7 heteroatoms. The zero-order valence-corrected chi connectivity index (χ0v) is 13.8. The molecule has 7 nitrogen and oxygen atoms in total. The number of amides is 3. The smallest absolute Gasteiger partial charge is 0.273 e. The third-order valence-corrected chi connectivity index (χ3v) is 4.15. The van der Waals surface area contributed by atoms with Gasteiger partial charge >= 0.3 is 0 Å². The molecule has 128 valence electrons. The summed E-state index contributed by atoms with van der Waals surface area (Å²) in [5.74, 6) is -0.878. The summed E-state index contributed by atoms with van der Waals surface area (Å²) in [7, 11) is 0. The van der Waals surface area contributed by atoms with Crippen LogP contribution >= 0.6 is 0 Å². The van der Waals surface area contributed by atoms with E-state index in [0.29, 0.717) is 28.1 Å². The van der Waals surface area contributed by atoms with Gasteiger partial charge in [0.2, 0.25) is 0 Å². The van der Waals surface area contributed by atoms with E-state index >= 15 is 0 Å². The maximum absolute atomic E-state index is 12.5. The topological polar surface area (TPSA) is 91.7 Å². The quantitative estimate of drug-likeness (QED) is 0.835. The van der Waals surface area contributed by atoms with E-state index in [1.165, 1.54) is 17.2 Å². The summed E-state index contributed by atoms with van der Waals surface area (Å²) < 4.78 is 5.05. The van der Waals surface area contributed by atoms with E-state index in [1.807, 2.05) is 0 Å². The van der Waals surface area contributed by atoms with Gasteiger partial charge in [0, 0.05) is 16.8 Å². The zero-order chi connectivity index (χ0) is 18.1. The summed E-state index contributed by atoms with van der Waals surface area (Å²) in [6, 6.07) is 7.70. The van der Waals surface area contributed by atoms with Crippen molar-refractivity contribution in [2.24, 2.45) is 0 Å². The number of carbonyl (C=O) groups excluding carboxylic acids is 3. The van der Waals surface area contributed by atoms with Crippen LogP contribution < -0.4 is 10.9 Å². The third kappa shape index (κ3) is 2.80. The molecule has 0 saturated carbocycles. The third-order valence-electron chi connectivity index (χ3n) is 4.15. The predicted molar refractivity (Wildman–Crippen MR) is 90.2 cm³/mol. The van der Waals surface area contributed by atoms with Gasteiger partial charge < -0.3 is 4.42 Å². The van der Waals surface area contributed by atoms with E-state index in [4.69, 9.17) is 4.42 Å². The summed E-state index contributed by atoms with van der Waals surface area (Å²) in [6.45, 7) is 7.11. The highest BCUT2D eigenvalue weighted by molar-refractivity contribution is 6.11. The Bertz CT molecular complexity index is 849. The zero-order valence-electron chi connectivity index (χ0n) is 13.8. The van der Waals surface area contributed by atoms with E-state index in [-0.39, 0.29) is 5.91 Å². The lowest BCUT2D eigenvalue weighted by atomic mass is 10.1. The van der Waals surface area contributed by atoms with Crippen LogP contribution in [-0.2, 0) is 4.79 Å². The van der Waals surface area contributed by atoms with Crippen LogP contribution in [0.15, 0.2) is 47.6 Å². The van der Waals surface area contributed by atoms with E-state index < -0.39 is 17.9 Å². The van der Waals surface area contributed by atoms with Crippen LogP contribution in [0.25, 0.3) is 5.70 Å². The molecule has 3 rings (SSSR count). The monoisotopic (exact) mass is 339 g/mol. The minimum Gasteiger partial charge on any atom is -0.469 e. The minimum atomic E-state index is -0.835. The highest BCUT2D eigenvalue weighted by Crippen LogP contribution is 2.32. The van der Waals surface area contributed by atoms with Gasteiger partial charge in [0.25, 0.3) is 17.7 Å². The Balaban J connectivity index is 1.67. The highest BCUT2D eigenvalue weighted by atomic mass is 16.3. The Morgan fingerprint density at radius 2 is 1.84 bits per heavy atom. The van der Waals surface area contributed by atoms with Crippen LogP contribution in [0, 0.1) is 6.92 Å². The highest BCUT2D eigenvalue weighted by Gasteiger charge is 2.36. The van der Waals surface area contributed by atoms with Crippen LogP contribution in [0.4, 0.5) is 0 Å². The summed E-state index contributed by atoms with van der Waals surface area (Å²) in [4.78, 5) is 38.2. The van der Waals surface area contributed by atoms with Gasteiger partial charge in [-0.1, -0.05) is 24.8 Å². The Morgan fingerprint density at radius 3 is 2.44 bits per heavy atom. The summed E-state index contributed by atoms with van der Waals surface area (Å²) in [5, 5.41) is 0. The lowest BCUT2D eigenvalue weighted by molar-refractivity contribution is -0.125. The maximum atomic E-state index is 12.5. The lowest BCUT2D eigenvalue weighted by Gasteiger charge is -2.24. The minimum absolute atomic E-state index is 0.291. The number of hydrogen-bond donors (Lipinski definition) is 2. The second-order valence-corrected chi connectivity index (χ2v) is 5.68. The van der Waals surface area contributed by atoms with Gasteiger partial charge in [-0.15, -0.1) is 0 Å². The second kappa shape index (κ2) is 6.27. The SMILES string of the molecule is C=C1c2ccccc2C(=O)N1C(C)C(=O)NNC(=O)c1ccoc1C. The Hall–Kier alpha value is -3.35. The van der Waals surface area contributed by atoms with Gasteiger partial charge in [0.05, 0.1) is 11.8 Å². The molecule has 1 aliphatic rings.